The summed E-state index contributed by atoms with van der Waals surface area (Å²) >= 11 is 0. The third-order valence-corrected chi connectivity index (χ3v) is 5.51. The summed E-state index contributed by atoms with van der Waals surface area (Å²) in [6.07, 6.45) is 0. The minimum absolute atomic E-state index is 0.211. The Balaban J connectivity index is 1.89. The molecule has 0 bridgehead atoms. The molecule has 0 unspecified atom stereocenters. The molecule has 0 radical (unpaired) electrons. The zero-order valence-electron chi connectivity index (χ0n) is 15.5. The van der Waals surface area contributed by atoms with Crippen LogP contribution in [0, 0.1) is 5.82 Å². The number of H-pyrrole nitrogens is 1. The van der Waals surface area contributed by atoms with Gasteiger partial charge in [0.05, 0.1) is 11.3 Å². The van der Waals surface area contributed by atoms with E-state index in [9.17, 15) is 18.8 Å². The smallest absolute Gasteiger partial charge is 0.329 e. The Kier molecular flexibility index (Phi) is 3.67. The first-order valence-corrected chi connectivity index (χ1v) is 9.29. The van der Waals surface area contributed by atoms with Gasteiger partial charge in [-0.25, -0.2) is 9.18 Å². The first kappa shape index (κ1) is 17.4. The van der Waals surface area contributed by atoms with Gasteiger partial charge in [-0.3, -0.25) is 19.1 Å². The van der Waals surface area contributed by atoms with Crippen molar-refractivity contribution in [3.05, 3.63) is 103 Å². The van der Waals surface area contributed by atoms with E-state index in [0.29, 0.717) is 40.3 Å². The van der Waals surface area contributed by atoms with Crippen LogP contribution in [0.25, 0.3) is 5.70 Å². The average molecular weight is 389 g/mol. The molecule has 2 aliphatic rings. The number of nitrogens with zero attached hydrogens (tertiary/aromatic N) is 1. The Hall–Kier alpha value is -3.74. The number of carbonyl (C=O) groups is 1. The highest BCUT2D eigenvalue weighted by Gasteiger charge is 2.42. The quantitative estimate of drug-likeness (QED) is 0.706. The lowest BCUT2D eigenvalue weighted by atomic mass is 9.81. The van der Waals surface area contributed by atoms with Gasteiger partial charge in [0, 0.05) is 29.2 Å². The number of nitrogens with one attached hydrogen (secondary N) is 2. The van der Waals surface area contributed by atoms with E-state index in [1.165, 1.54) is 16.7 Å². The van der Waals surface area contributed by atoms with Crippen LogP contribution in [-0.2, 0) is 6.54 Å². The van der Waals surface area contributed by atoms with E-state index in [2.05, 4.69) is 10.3 Å². The van der Waals surface area contributed by atoms with E-state index in [4.69, 9.17) is 0 Å². The third kappa shape index (κ3) is 2.37. The maximum absolute atomic E-state index is 14.1. The van der Waals surface area contributed by atoms with E-state index in [1.54, 1.807) is 31.2 Å². The number of hydrogen-bond donors (Lipinski definition) is 2. The molecule has 2 N–H and O–H groups in total. The Morgan fingerprint density at radius 1 is 1.03 bits per heavy atom. The van der Waals surface area contributed by atoms with Crippen molar-refractivity contribution in [3.63, 3.8) is 0 Å². The largest absolute Gasteiger partial charge is 0.340 e. The van der Waals surface area contributed by atoms with Crippen LogP contribution in [0.2, 0.25) is 0 Å². The highest BCUT2D eigenvalue weighted by Crippen LogP contribution is 2.47. The predicted molar refractivity (Wildman–Crippen MR) is 107 cm³/mol. The molecule has 1 aliphatic heterocycles. The van der Waals surface area contributed by atoms with E-state index in [-0.39, 0.29) is 11.3 Å². The lowest BCUT2D eigenvalue weighted by Crippen LogP contribution is -2.38. The van der Waals surface area contributed by atoms with Gasteiger partial charge >= 0.3 is 5.69 Å². The van der Waals surface area contributed by atoms with Gasteiger partial charge in [-0.05, 0) is 24.6 Å². The second kappa shape index (κ2) is 6.13. The number of hydrogen-bond acceptors (Lipinski definition) is 4. The number of allylic oxidation sites excluding steroid dienone is 1. The zero-order valence-corrected chi connectivity index (χ0v) is 15.5. The Morgan fingerprint density at radius 2 is 1.79 bits per heavy atom. The standard InChI is InChI=1S/C22H16FN3O3/c1-2-26-20-17(21(28)25-22(26)29)15(11-6-5-7-12(23)10-11)16-18(24-20)13-8-3-4-9-14(13)19(16)27/h3-10,15,24H,2H2,1H3,(H,25,28,29)/t15-/m1/s1. The number of aromatic nitrogens is 2. The lowest BCUT2D eigenvalue weighted by molar-refractivity contribution is 0.103. The molecule has 0 spiro atoms. The molecule has 0 saturated heterocycles. The minimum atomic E-state index is -0.793. The van der Waals surface area contributed by atoms with E-state index < -0.39 is 23.0 Å². The van der Waals surface area contributed by atoms with Crippen LogP contribution in [0.15, 0.2) is 63.7 Å². The van der Waals surface area contributed by atoms with Crippen LogP contribution in [0.4, 0.5) is 10.2 Å². The van der Waals surface area contributed by atoms with E-state index in [1.807, 2.05) is 12.1 Å². The van der Waals surface area contributed by atoms with Gasteiger partial charge in [-0.1, -0.05) is 36.4 Å². The summed E-state index contributed by atoms with van der Waals surface area (Å²) in [5.41, 5.74) is 1.74. The van der Waals surface area contributed by atoms with Crippen molar-refractivity contribution in [2.75, 3.05) is 5.32 Å². The molecule has 6 nitrogen and oxygen atoms in total. The maximum atomic E-state index is 14.1. The minimum Gasteiger partial charge on any atom is -0.340 e. The van der Waals surface area contributed by atoms with Crippen LogP contribution in [-0.4, -0.2) is 15.3 Å². The van der Waals surface area contributed by atoms with Crippen molar-refractivity contribution in [1.82, 2.24) is 9.55 Å². The van der Waals surface area contributed by atoms with Crippen molar-refractivity contribution < 1.29 is 9.18 Å². The molecular formula is C22H16FN3O3. The van der Waals surface area contributed by atoms with E-state index >= 15 is 0 Å². The van der Waals surface area contributed by atoms with Crippen molar-refractivity contribution in [1.29, 1.82) is 0 Å². The summed E-state index contributed by atoms with van der Waals surface area (Å²) in [6.45, 7) is 2.11. The number of benzene rings is 2. The van der Waals surface area contributed by atoms with Gasteiger partial charge in [0.15, 0.2) is 5.78 Å². The van der Waals surface area contributed by atoms with Crippen LogP contribution >= 0.6 is 0 Å². The zero-order chi connectivity index (χ0) is 20.3. The number of ketones is 1. The van der Waals surface area contributed by atoms with Gasteiger partial charge in [0.2, 0.25) is 0 Å². The summed E-state index contributed by atoms with van der Waals surface area (Å²) < 4.78 is 15.5. The molecule has 0 amide bonds. The van der Waals surface area contributed by atoms with Crippen LogP contribution in [0.3, 0.4) is 0 Å². The molecule has 1 atom stereocenters. The summed E-state index contributed by atoms with van der Waals surface area (Å²) in [6, 6.07) is 13.0. The molecule has 2 aromatic carbocycles. The molecular weight excluding hydrogens is 373 g/mol. The van der Waals surface area contributed by atoms with Crippen molar-refractivity contribution in [3.8, 4) is 0 Å². The maximum Gasteiger partial charge on any atom is 0.329 e. The van der Waals surface area contributed by atoms with Crippen LogP contribution in [0.5, 0.6) is 0 Å². The van der Waals surface area contributed by atoms with Gasteiger partial charge < -0.3 is 5.32 Å². The lowest BCUT2D eigenvalue weighted by Gasteiger charge is -2.29. The molecule has 3 aromatic rings. The highest BCUT2D eigenvalue weighted by molar-refractivity contribution is 6.23. The van der Waals surface area contributed by atoms with Gasteiger partial charge in [0.25, 0.3) is 5.56 Å². The number of carbonyl (C=O) groups excluding carboxylic acids is 1. The van der Waals surface area contributed by atoms with Crippen molar-refractivity contribution >= 4 is 17.3 Å². The molecule has 7 heteroatoms. The topological polar surface area (TPSA) is 84.0 Å². The number of halogens is 1. The number of anilines is 1. The molecule has 29 heavy (non-hydrogen) atoms. The fourth-order valence-electron chi connectivity index (χ4n) is 4.29. The Morgan fingerprint density at radius 3 is 2.52 bits per heavy atom. The molecule has 0 fully saturated rings. The average Bonchev–Trinajstić information content (AvgIpc) is 2.99. The van der Waals surface area contributed by atoms with Crippen LogP contribution in [0.1, 0.15) is 39.9 Å². The third-order valence-electron chi connectivity index (χ3n) is 5.51. The molecule has 1 aliphatic carbocycles. The fraction of sp³-hybridized carbons (Fsp3) is 0.136. The molecule has 144 valence electrons. The predicted octanol–water partition coefficient (Wildman–Crippen LogP) is 2.86. The second-order valence-corrected chi connectivity index (χ2v) is 7.04. The first-order chi connectivity index (χ1) is 14.0. The van der Waals surface area contributed by atoms with E-state index in [0.717, 1.165) is 0 Å². The van der Waals surface area contributed by atoms with Crippen LogP contribution < -0.4 is 16.6 Å². The Labute approximate surface area is 164 Å². The van der Waals surface area contributed by atoms with Gasteiger partial charge in [0.1, 0.15) is 11.6 Å². The molecule has 2 heterocycles. The number of aromatic amines is 1. The van der Waals surface area contributed by atoms with Crippen molar-refractivity contribution in [2.45, 2.75) is 19.4 Å². The SMILES string of the molecule is CCn1c2c(c(=O)[nH]c1=O)[C@H](c1cccc(F)c1)C1=C(N2)c2ccccc2C1=O. The second-order valence-electron chi connectivity index (χ2n) is 7.04. The summed E-state index contributed by atoms with van der Waals surface area (Å²) in [4.78, 5) is 40.8. The number of rotatable bonds is 2. The monoisotopic (exact) mass is 389 g/mol. The van der Waals surface area contributed by atoms with Gasteiger partial charge in [-0.2, -0.15) is 0 Å². The molecule has 5 rings (SSSR count). The van der Waals surface area contributed by atoms with Gasteiger partial charge in [-0.15, -0.1) is 0 Å². The number of fused-ring (bicyclic) bond motifs is 3. The Bertz CT molecular complexity index is 1350. The molecule has 0 saturated carbocycles. The highest BCUT2D eigenvalue weighted by atomic mass is 19.1. The molecule has 1 aromatic heterocycles. The van der Waals surface area contributed by atoms with Crippen molar-refractivity contribution in [2.24, 2.45) is 0 Å². The fourth-order valence-corrected chi connectivity index (χ4v) is 4.29. The summed E-state index contributed by atoms with van der Waals surface area (Å²) in [5, 5.41) is 3.17. The normalized spacial score (nSPS) is 16.9. The summed E-state index contributed by atoms with van der Waals surface area (Å²) in [7, 11) is 0. The number of Topliss-reactive ketones (excluding diaryl/α,β-unsaturated/α-hetero) is 1. The summed E-state index contributed by atoms with van der Waals surface area (Å²) in [5.74, 6) is -1.14. The first-order valence-electron chi connectivity index (χ1n) is 9.29.